The maximum atomic E-state index is 9.99. The Kier molecular flexibility index (Phi) is 5.92. The van der Waals surface area contributed by atoms with Crippen LogP contribution in [0.25, 0.3) is 0 Å². The van der Waals surface area contributed by atoms with Crippen molar-refractivity contribution in [1.82, 2.24) is 0 Å². The third-order valence-corrected chi connectivity index (χ3v) is 3.07. The second kappa shape index (κ2) is 7.21. The Balaban J connectivity index is 3.15. The van der Waals surface area contributed by atoms with E-state index in [0.29, 0.717) is 23.7 Å². The molecule has 0 fully saturated rings. The first kappa shape index (κ1) is 15.6. The Labute approximate surface area is 114 Å². The molecule has 19 heavy (non-hydrogen) atoms. The maximum absolute atomic E-state index is 9.99. The lowest BCUT2D eigenvalue weighted by molar-refractivity contribution is 0.134. The van der Waals surface area contributed by atoms with Crippen LogP contribution in [0, 0.1) is 0 Å². The summed E-state index contributed by atoms with van der Waals surface area (Å²) in [4.78, 5) is 0. The van der Waals surface area contributed by atoms with Gasteiger partial charge in [-0.1, -0.05) is 13.3 Å². The summed E-state index contributed by atoms with van der Waals surface area (Å²) >= 11 is 0. The third-order valence-electron chi connectivity index (χ3n) is 3.07. The van der Waals surface area contributed by atoms with E-state index >= 15 is 0 Å². The summed E-state index contributed by atoms with van der Waals surface area (Å²) in [5, 5.41) is 9.99. The first-order chi connectivity index (χ1) is 9.08. The van der Waals surface area contributed by atoms with Gasteiger partial charge in [0.2, 0.25) is 5.75 Å². The molecule has 108 valence electrons. The number of nitrogens with two attached hydrogens (primary N) is 1. The standard InChI is InChI=1S/C14H23NO4/c1-5-6-10(16)13(15)9-7-11(17-2)14(19-4)12(8-9)18-3/h7-8,10,13,16H,5-6,15H2,1-4H3/t10-,13+/m1/s1. The van der Waals surface area contributed by atoms with Gasteiger partial charge in [0.05, 0.1) is 33.5 Å². The van der Waals surface area contributed by atoms with Gasteiger partial charge in [-0.2, -0.15) is 0 Å². The highest BCUT2D eigenvalue weighted by molar-refractivity contribution is 5.54. The maximum Gasteiger partial charge on any atom is 0.203 e. The van der Waals surface area contributed by atoms with E-state index < -0.39 is 12.1 Å². The molecule has 1 aromatic rings. The van der Waals surface area contributed by atoms with Crippen molar-refractivity contribution in [3.63, 3.8) is 0 Å². The minimum absolute atomic E-state index is 0.478. The molecule has 5 heteroatoms. The van der Waals surface area contributed by atoms with E-state index in [2.05, 4.69) is 0 Å². The van der Waals surface area contributed by atoms with E-state index in [4.69, 9.17) is 19.9 Å². The zero-order valence-electron chi connectivity index (χ0n) is 12.0. The summed E-state index contributed by atoms with van der Waals surface area (Å²) in [5.41, 5.74) is 6.82. The molecule has 0 amide bonds. The molecule has 0 aliphatic rings. The monoisotopic (exact) mass is 269 g/mol. The van der Waals surface area contributed by atoms with Crippen molar-refractivity contribution in [2.24, 2.45) is 5.73 Å². The Hall–Kier alpha value is -1.46. The van der Waals surface area contributed by atoms with Gasteiger partial charge < -0.3 is 25.1 Å². The first-order valence-corrected chi connectivity index (χ1v) is 6.32. The summed E-state index contributed by atoms with van der Waals surface area (Å²) in [6, 6.07) is 3.06. The van der Waals surface area contributed by atoms with Crippen LogP contribution in [0.2, 0.25) is 0 Å². The molecule has 0 saturated carbocycles. The number of aliphatic hydroxyl groups is 1. The number of rotatable bonds is 7. The number of aliphatic hydroxyl groups excluding tert-OH is 1. The normalized spacial score (nSPS) is 13.8. The van der Waals surface area contributed by atoms with Gasteiger partial charge in [0.25, 0.3) is 0 Å². The number of benzene rings is 1. The van der Waals surface area contributed by atoms with Crippen LogP contribution in [-0.2, 0) is 0 Å². The molecule has 0 heterocycles. The predicted molar refractivity (Wildman–Crippen MR) is 73.9 cm³/mol. The zero-order chi connectivity index (χ0) is 14.4. The van der Waals surface area contributed by atoms with E-state index in [-0.39, 0.29) is 0 Å². The Morgan fingerprint density at radius 1 is 1.11 bits per heavy atom. The average molecular weight is 269 g/mol. The van der Waals surface area contributed by atoms with Crippen LogP contribution >= 0.6 is 0 Å². The van der Waals surface area contributed by atoms with Crippen LogP contribution in [0.1, 0.15) is 31.4 Å². The SMILES string of the molecule is CCC[C@@H](O)[C@@H](N)c1cc(OC)c(OC)c(OC)c1. The smallest absolute Gasteiger partial charge is 0.203 e. The van der Waals surface area contributed by atoms with Gasteiger partial charge in [-0.05, 0) is 24.1 Å². The van der Waals surface area contributed by atoms with E-state index in [9.17, 15) is 5.11 Å². The van der Waals surface area contributed by atoms with Crippen LogP contribution in [-0.4, -0.2) is 32.5 Å². The van der Waals surface area contributed by atoms with Crippen molar-refractivity contribution >= 4 is 0 Å². The van der Waals surface area contributed by atoms with Crippen LogP contribution in [0.3, 0.4) is 0 Å². The van der Waals surface area contributed by atoms with Crippen LogP contribution in [0.5, 0.6) is 17.2 Å². The zero-order valence-corrected chi connectivity index (χ0v) is 12.0. The van der Waals surface area contributed by atoms with Gasteiger partial charge in [0.1, 0.15) is 0 Å². The van der Waals surface area contributed by atoms with Crippen molar-refractivity contribution in [2.75, 3.05) is 21.3 Å². The number of hydrogen-bond donors (Lipinski definition) is 2. The second-order valence-corrected chi connectivity index (χ2v) is 4.34. The third kappa shape index (κ3) is 3.52. The Morgan fingerprint density at radius 3 is 2.00 bits per heavy atom. The van der Waals surface area contributed by atoms with Crippen molar-refractivity contribution in [3.05, 3.63) is 17.7 Å². The highest BCUT2D eigenvalue weighted by Gasteiger charge is 2.21. The lowest BCUT2D eigenvalue weighted by Crippen LogP contribution is -2.26. The fraction of sp³-hybridized carbons (Fsp3) is 0.571. The molecule has 0 bridgehead atoms. The molecule has 0 unspecified atom stereocenters. The molecule has 0 aliphatic carbocycles. The molecule has 0 spiro atoms. The fourth-order valence-corrected chi connectivity index (χ4v) is 1.99. The molecule has 5 nitrogen and oxygen atoms in total. The molecule has 0 radical (unpaired) electrons. The number of ether oxygens (including phenoxy) is 3. The predicted octanol–water partition coefficient (Wildman–Crippen LogP) is 1.87. The first-order valence-electron chi connectivity index (χ1n) is 6.32. The van der Waals surface area contributed by atoms with E-state index in [0.717, 1.165) is 12.0 Å². The van der Waals surface area contributed by atoms with Crippen molar-refractivity contribution < 1.29 is 19.3 Å². The molecule has 0 aromatic heterocycles. The topological polar surface area (TPSA) is 73.9 Å². The molecule has 2 atom stereocenters. The summed E-state index contributed by atoms with van der Waals surface area (Å²) in [5.74, 6) is 1.60. The highest BCUT2D eigenvalue weighted by Crippen LogP contribution is 2.39. The lowest BCUT2D eigenvalue weighted by atomic mass is 9.98. The van der Waals surface area contributed by atoms with Gasteiger partial charge in [0, 0.05) is 0 Å². The quantitative estimate of drug-likeness (QED) is 0.790. The van der Waals surface area contributed by atoms with Gasteiger partial charge in [-0.15, -0.1) is 0 Å². The minimum atomic E-state index is -0.590. The van der Waals surface area contributed by atoms with Crippen LogP contribution in [0.15, 0.2) is 12.1 Å². The molecular weight excluding hydrogens is 246 g/mol. The highest BCUT2D eigenvalue weighted by atomic mass is 16.5. The molecule has 3 N–H and O–H groups in total. The molecule has 1 rings (SSSR count). The number of methoxy groups -OCH3 is 3. The molecule has 0 aliphatic heterocycles. The summed E-state index contributed by atoms with van der Waals surface area (Å²) in [6.07, 6.45) is 0.935. The molecule has 1 aromatic carbocycles. The summed E-state index contributed by atoms with van der Waals surface area (Å²) in [6.45, 7) is 2.01. The Morgan fingerprint density at radius 2 is 1.63 bits per heavy atom. The van der Waals surface area contributed by atoms with E-state index in [1.165, 1.54) is 0 Å². The van der Waals surface area contributed by atoms with Crippen LogP contribution < -0.4 is 19.9 Å². The molecular formula is C14H23NO4. The minimum Gasteiger partial charge on any atom is -0.493 e. The van der Waals surface area contributed by atoms with Gasteiger partial charge in [-0.25, -0.2) is 0 Å². The average Bonchev–Trinajstić information content (AvgIpc) is 2.44. The van der Waals surface area contributed by atoms with Gasteiger partial charge >= 0.3 is 0 Å². The summed E-state index contributed by atoms with van der Waals surface area (Å²) in [7, 11) is 4.65. The van der Waals surface area contributed by atoms with E-state index in [1.807, 2.05) is 6.92 Å². The molecule has 0 saturated heterocycles. The fourth-order valence-electron chi connectivity index (χ4n) is 1.99. The summed E-state index contributed by atoms with van der Waals surface area (Å²) < 4.78 is 15.8. The lowest BCUT2D eigenvalue weighted by Gasteiger charge is -2.21. The largest absolute Gasteiger partial charge is 0.493 e. The van der Waals surface area contributed by atoms with Gasteiger partial charge in [0.15, 0.2) is 11.5 Å². The van der Waals surface area contributed by atoms with Crippen LogP contribution in [0.4, 0.5) is 0 Å². The Bertz CT molecular complexity index is 383. The van der Waals surface area contributed by atoms with Crippen molar-refractivity contribution in [3.8, 4) is 17.2 Å². The van der Waals surface area contributed by atoms with E-state index in [1.54, 1.807) is 33.5 Å². The van der Waals surface area contributed by atoms with Gasteiger partial charge in [-0.3, -0.25) is 0 Å². The number of hydrogen-bond acceptors (Lipinski definition) is 5. The van der Waals surface area contributed by atoms with Crippen molar-refractivity contribution in [1.29, 1.82) is 0 Å². The van der Waals surface area contributed by atoms with Crippen molar-refractivity contribution in [2.45, 2.75) is 31.9 Å². The second-order valence-electron chi connectivity index (χ2n) is 4.34.